The molecule has 8 heteroatoms. The molecule has 0 unspecified atom stereocenters. The number of benzene rings is 1. The van der Waals surface area contributed by atoms with E-state index < -0.39 is 10.0 Å². The second-order valence-electron chi connectivity index (χ2n) is 7.19. The highest BCUT2D eigenvalue weighted by molar-refractivity contribution is 7.89. The van der Waals surface area contributed by atoms with Gasteiger partial charge in [0.1, 0.15) is 16.3 Å². The van der Waals surface area contributed by atoms with Crippen LogP contribution in [-0.2, 0) is 17.1 Å². The van der Waals surface area contributed by atoms with E-state index in [2.05, 4.69) is 12.2 Å². The lowest BCUT2D eigenvalue weighted by molar-refractivity contribution is 0.101. The van der Waals surface area contributed by atoms with Gasteiger partial charge < -0.3 is 14.6 Å². The van der Waals surface area contributed by atoms with Crippen LogP contribution in [-0.4, -0.2) is 42.9 Å². The van der Waals surface area contributed by atoms with Crippen molar-refractivity contribution >= 4 is 21.6 Å². The fourth-order valence-corrected chi connectivity index (χ4v) is 5.08. The monoisotopic (exact) mass is 405 g/mol. The zero-order valence-corrected chi connectivity index (χ0v) is 17.3. The third kappa shape index (κ3) is 4.39. The Labute approximate surface area is 166 Å². The normalized spacial score (nSPS) is 18.0. The molecule has 1 aromatic heterocycles. The van der Waals surface area contributed by atoms with Crippen LogP contribution >= 0.6 is 0 Å². The van der Waals surface area contributed by atoms with E-state index in [4.69, 9.17) is 4.74 Å². The molecule has 1 aliphatic heterocycles. The van der Waals surface area contributed by atoms with Gasteiger partial charge in [-0.25, -0.2) is 8.42 Å². The summed E-state index contributed by atoms with van der Waals surface area (Å²) in [4.78, 5) is 12.8. The molecule has 0 spiro atoms. The van der Waals surface area contributed by atoms with Gasteiger partial charge in [0.2, 0.25) is 10.0 Å². The van der Waals surface area contributed by atoms with Crippen LogP contribution in [0.3, 0.4) is 0 Å². The lowest BCUT2D eigenvalue weighted by Crippen LogP contribution is -2.38. The highest BCUT2D eigenvalue weighted by atomic mass is 32.2. The van der Waals surface area contributed by atoms with E-state index in [0.717, 1.165) is 18.6 Å². The van der Waals surface area contributed by atoms with Crippen molar-refractivity contribution in [2.24, 2.45) is 13.0 Å². The topological polar surface area (TPSA) is 80.6 Å². The standard InChI is InChI=1S/C20H27N3O4S/c1-4-27-17-9-7-16(8-10-17)21-20(24)19-12-18(14-22(19)3)28(25,26)23-11-5-6-15(2)13-23/h7-10,12,14-15H,4-6,11,13H2,1-3H3,(H,21,24)/t15-/m1/s1. The molecule has 1 saturated heterocycles. The van der Waals surface area contributed by atoms with Crippen molar-refractivity contribution in [1.82, 2.24) is 8.87 Å². The van der Waals surface area contributed by atoms with Crippen LogP contribution in [0.5, 0.6) is 5.75 Å². The van der Waals surface area contributed by atoms with Crippen molar-refractivity contribution in [3.05, 3.63) is 42.2 Å². The first-order valence-corrected chi connectivity index (χ1v) is 11.0. The molecule has 3 rings (SSSR count). The molecule has 1 N–H and O–H groups in total. The summed E-state index contributed by atoms with van der Waals surface area (Å²) in [5.41, 5.74) is 0.904. The van der Waals surface area contributed by atoms with Gasteiger partial charge in [0, 0.05) is 32.0 Å². The number of piperidine rings is 1. The summed E-state index contributed by atoms with van der Waals surface area (Å²) in [6.45, 7) is 5.58. The number of sulfonamides is 1. The Balaban J connectivity index is 1.76. The van der Waals surface area contributed by atoms with E-state index >= 15 is 0 Å². The molecule has 152 valence electrons. The Bertz CT molecular complexity index is 935. The van der Waals surface area contributed by atoms with Crippen molar-refractivity contribution in [2.75, 3.05) is 25.0 Å². The van der Waals surface area contributed by atoms with E-state index in [1.54, 1.807) is 35.9 Å². The molecule has 2 aromatic rings. The summed E-state index contributed by atoms with van der Waals surface area (Å²) in [5, 5.41) is 2.80. The Kier molecular flexibility index (Phi) is 6.10. The Morgan fingerprint density at radius 2 is 2.00 bits per heavy atom. The van der Waals surface area contributed by atoms with Crippen LogP contribution in [0.2, 0.25) is 0 Å². The lowest BCUT2D eigenvalue weighted by atomic mass is 10.0. The molecule has 1 atom stereocenters. The number of carbonyl (C=O) groups excluding carboxylic acids is 1. The third-order valence-electron chi connectivity index (χ3n) is 4.89. The van der Waals surface area contributed by atoms with Crippen molar-refractivity contribution in [1.29, 1.82) is 0 Å². The molecule has 0 radical (unpaired) electrons. The first-order valence-electron chi connectivity index (χ1n) is 9.52. The Morgan fingerprint density at radius 3 is 2.64 bits per heavy atom. The number of hydrogen-bond donors (Lipinski definition) is 1. The fraction of sp³-hybridized carbons (Fsp3) is 0.450. The van der Waals surface area contributed by atoms with Gasteiger partial charge in [-0.3, -0.25) is 4.79 Å². The maximum Gasteiger partial charge on any atom is 0.272 e. The predicted molar refractivity (Wildman–Crippen MR) is 108 cm³/mol. The quantitative estimate of drug-likeness (QED) is 0.801. The van der Waals surface area contributed by atoms with E-state index in [9.17, 15) is 13.2 Å². The molecule has 1 aromatic carbocycles. The number of ether oxygens (including phenoxy) is 1. The van der Waals surface area contributed by atoms with Gasteiger partial charge in [-0.15, -0.1) is 0 Å². The van der Waals surface area contributed by atoms with Crippen molar-refractivity contribution in [2.45, 2.75) is 31.6 Å². The molecule has 28 heavy (non-hydrogen) atoms. The Hall–Kier alpha value is -2.32. The largest absolute Gasteiger partial charge is 0.494 e. The molecule has 0 saturated carbocycles. The van der Waals surface area contributed by atoms with Crippen LogP contribution in [0.4, 0.5) is 5.69 Å². The van der Waals surface area contributed by atoms with E-state index in [1.807, 2.05) is 6.92 Å². The van der Waals surface area contributed by atoms with Crippen LogP contribution in [0, 0.1) is 5.92 Å². The van der Waals surface area contributed by atoms with Gasteiger partial charge >= 0.3 is 0 Å². The number of aryl methyl sites for hydroxylation is 1. The molecule has 1 aliphatic rings. The minimum absolute atomic E-state index is 0.154. The van der Waals surface area contributed by atoms with Crippen LogP contribution < -0.4 is 10.1 Å². The van der Waals surface area contributed by atoms with Crippen molar-refractivity contribution in [3.8, 4) is 5.75 Å². The smallest absolute Gasteiger partial charge is 0.272 e. The maximum absolute atomic E-state index is 12.9. The zero-order chi connectivity index (χ0) is 20.3. The molecule has 0 aliphatic carbocycles. The fourth-order valence-electron chi connectivity index (χ4n) is 3.41. The van der Waals surface area contributed by atoms with E-state index in [-0.39, 0.29) is 16.5 Å². The summed E-state index contributed by atoms with van der Waals surface area (Å²) in [5.74, 6) is 0.707. The van der Waals surface area contributed by atoms with Gasteiger partial charge in [0.05, 0.1) is 6.61 Å². The second kappa shape index (κ2) is 8.36. The summed E-state index contributed by atoms with van der Waals surface area (Å²) < 4.78 is 34.3. The second-order valence-corrected chi connectivity index (χ2v) is 9.13. The first kappa shape index (κ1) is 20.4. The van der Waals surface area contributed by atoms with E-state index in [1.165, 1.54) is 16.6 Å². The molecular weight excluding hydrogens is 378 g/mol. The van der Waals surface area contributed by atoms with Gasteiger partial charge in [-0.1, -0.05) is 6.92 Å². The van der Waals surface area contributed by atoms with Crippen molar-refractivity contribution in [3.63, 3.8) is 0 Å². The van der Waals surface area contributed by atoms with Gasteiger partial charge in [-0.2, -0.15) is 4.31 Å². The van der Waals surface area contributed by atoms with Crippen LogP contribution in [0.15, 0.2) is 41.4 Å². The highest BCUT2D eigenvalue weighted by Gasteiger charge is 2.30. The molecule has 1 fully saturated rings. The number of carbonyl (C=O) groups is 1. The average Bonchev–Trinajstić information content (AvgIpc) is 3.06. The summed E-state index contributed by atoms with van der Waals surface area (Å²) >= 11 is 0. The highest BCUT2D eigenvalue weighted by Crippen LogP contribution is 2.25. The number of nitrogens with one attached hydrogen (secondary N) is 1. The van der Waals surface area contributed by atoms with Gasteiger partial charge in [0.15, 0.2) is 0 Å². The summed E-state index contributed by atoms with van der Waals surface area (Å²) in [6.07, 6.45) is 3.40. The van der Waals surface area contributed by atoms with Gasteiger partial charge in [0.25, 0.3) is 5.91 Å². The van der Waals surface area contributed by atoms with E-state index in [0.29, 0.717) is 31.3 Å². The molecule has 2 heterocycles. The first-order chi connectivity index (χ1) is 13.3. The predicted octanol–water partition coefficient (Wildman–Crippen LogP) is 3.10. The molecule has 1 amide bonds. The van der Waals surface area contributed by atoms with Crippen molar-refractivity contribution < 1.29 is 17.9 Å². The van der Waals surface area contributed by atoms with Gasteiger partial charge in [-0.05, 0) is 56.0 Å². The summed E-state index contributed by atoms with van der Waals surface area (Å²) in [6, 6.07) is 8.49. The summed E-state index contributed by atoms with van der Waals surface area (Å²) in [7, 11) is -1.93. The van der Waals surface area contributed by atoms with Crippen LogP contribution in [0.1, 0.15) is 37.2 Å². The number of aromatic nitrogens is 1. The molecular formula is C20H27N3O4S. The minimum Gasteiger partial charge on any atom is -0.494 e. The minimum atomic E-state index is -3.60. The molecule has 0 bridgehead atoms. The zero-order valence-electron chi connectivity index (χ0n) is 16.5. The van der Waals surface area contributed by atoms with Crippen LogP contribution in [0.25, 0.3) is 0 Å². The lowest BCUT2D eigenvalue weighted by Gasteiger charge is -2.29. The Morgan fingerprint density at radius 1 is 1.29 bits per heavy atom. The number of amides is 1. The number of rotatable bonds is 6. The SMILES string of the molecule is CCOc1ccc(NC(=O)c2cc(S(=O)(=O)N3CCC[C@@H](C)C3)cn2C)cc1. The number of nitrogens with zero attached hydrogens (tertiary/aromatic N) is 2. The third-order valence-corrected chi connectivity index (χ3v) is 6.72. The number of hydrogen-bond acceptors (Lipinski definition) is 4. The maximum atomic E-state index is 12.9. The average molecular weight is 406 g/mol. The molecule has 7 nitrogen and oxygen atoms in total. The number of anilines is 1.